The Labute approximate surface area is 88.4 Å². The molecular formula is C11H26N2O. The second-order valence-electron chi connectivity index (χ2n) is 3.79. The molecule has 0 aromatic rings. The summed E-state index contributed by atoms with van der Waals surface area (Å²) in [6.45, 7) is 4.77. The fraction of sp³-hybridized carbons (Fsp3) is 1.00. The predicted molar refractivity (Wildman–Crippen MR) is 61.5 cm³/mol. The number of rotatable bonds is 10. The van der Waals surface area contributed by atoms with Crippen LogP contribution >= 0.6 is 0 Å². The molecule has 0 aromatic heterocycles. The van der Waals surface area contributed by atoms with Crippen molar-refractivity contribution in [2.75, 3.05) is 26.8 Å². The molecular weight excluding hydrogens is 176 g/mol. The van der Waals surface area contributed by atoms with Gasteiger partial charge in [0, 0.05) is 19.3 Å². The normalized spacial score (nSPS) is 13.1. The third kappa shape index (κ3) is 9.96. The van der Waals surface area contributed by atoms with Crippen LogP contribution in [0, 0.1) is 0 Å². The smallest absolute Gasteiger partial charge is 0.0466 e. The van der Waals surface area contributed by atoms with Crippen molar-refractivity contribution in [3.8, 4) is 0 Å². The summed E-state index contributed by atoms with van der Waals surface area (Å²) in [5.41, 5.74) is 5.38. The van der Waals surface area contributed by atoms with Crippen LogP contribution in [0.5, 0.6) is 0 Å². The molecule has 3 heteroatoms. The van der Waals surface area contributed by atoms with Crippen molar-refractivity contribution < 1.29 is 4.74 Å². The lowest BCUT2D eigenvalue weighted by Gasteiger charge is -2.09. The molecule has 3 N–H and O–H groups in total. The number of nitrogens with two attached hydrogens (primary N) is 1. The topological polar surface area (TPSA) is 47.3 Å². The Balaban J connectivity index is 2.92. The van der Waals surface area contributed by atoms with Crippen molar-refractivity contribution in [3.05, 3.63) is 0 Å². The van der Waals surface area contributed by atoms with Crippen LogP contribution in [-0.4, -0.2) is 32.8 Å². The molecule has 0 aliphatic carbocycles. The Morgan fingerprint density at radius 3 is 2.36 bits per heavy atom. The first-order chi connectivity index (χ1) is 6.81. The third-order valence-electron chi connectivity index (χ3n) is 2.41. The molecule has 86 valence electrons. The van der Waals surface area contributed by atoms with E-state index in [0.29, 0.717) is 6.04 Å². The zero-order valence-electron chi connectivity index (χ0n) is 9.72. The summed E-state index contributed by atoms with van der Waals surface area (Å²) in [5, 5.41) is 3.23. The van der Waals surface area contributed by atoms with Crippen molar-refractivity contribution in [2.45, 2.75) is 45.1 Å². The van der Waals surface area contributed by atoms with E-state index < -0.39 is 0 Å². The molecule has 1 unspecified atom stereocenters. The molecule has 0 aliphatic heterocycles. The average molecular weight is 202 g/mol. The molecule has 0 saturated heterocycles. The Morgan fingerprint density at radius 1 is 1.14 bits per heavy atom. The first kappa shape index (κ1) is 13.9. The van der Waals surface area contributed by atoms with E-state index in [1.54, 1.807) is 0 Å². The van der Waals surface area contributed by atoms with Crippen molar-refractivity contribution in [1.29, 1.82) is 0 Å². The molecule has 0 aliphatic rings. The van der Waals surface area contributed by atoms with Crippen LogP contribution in [0.4, 0.5) is 0 Å². The fourth-order valence-electron chi connectivity index (χ4n) is 1.25. The van der Waals surface area contributed by atoms with Gasteiger partial charge in [0.05, 0.1) is 0 Å². The Bertz CT molecular complexity index is 109. The van der Waals surface area contributed by atoms with Gasteiger partial charge in [-0.25, -0.2) is 0 Å². The van der Waals surface area contributed by atoms with Crippen molar-refractivity contribution in [3.63, 3.8) is 0 Å². The van der Waals surface area contributed by atoms with Gasteiger partial charge in [-0.05, 0) is 52.6 Å². The highest BCUT2D eigenvalue weighted by atomic mass is 16.5. The van der Waals surface area contributed by atoms with Gasteiger partial charge in [-0.3, -0.25) is 0 Å². The summed E-state index contributed by atoms with van der Waals surface area (Å²) in [7, 11) is 2.01. The van der Waals surface area contributed by atoms with Gasteiger partial charge in [0.15, 0.2) is 0 Å². The largest absolute Gasteiger partial charge is 0.381 e. The van der Waals surface area contributed by atoms with E-state index in [1.807, 2.05) is 7.05 Å². The van der Waals surface area contributed by atoms with E-state index in [2.05, 4.69) is 12.2 Å². The van der Waals surface area contributed by atoms with Crippen molar-refractivity contribution >= 4 is 0 Å². The zero-order chi connectivity index (χ0) is 10.6. The molecule has 0 radical (unpaired) electrons. The molecule has 1 atom stereocenters. The molecule has 0 fully saturated rings. The Kier molecular flexibility index (Phi) is 10.9. The Hall–Kier alpha value is -0.120. The van der Waals surface area contributed by atoms with Gasteiger partial charge in [-0.2, -0.15) is 0 Å². The maximum atomic E-state index is 5.48. The van der Waals surface area contributed by atoms with Gasteiger partial charge < -0.3 is 15.8 Å². The van der Waals surface area contributed by atoms with E-state index >= 15 is 0 Å². The lowest BCUT2D eigenvalue weighted by Crippen LogP contribution is -2.20. The van der Waals surface area contributed by atoms with Crippen LogP contribution in [0.15, 0.2) is 0 Å². The summed E-state index contributed by atoms with van der Waals surface area (Å²) in [6.07, 6.45) is 5.84. The molecule has 14 heavy (non-hydrogen) atoms. The van der Waals surface area contributed by atoms with Crippen LogP contribution in [0.1, 0.15) is 39.0 Å². The van der Waals surface area contributed by atoms with E-state index in [0.717, 1.165) is 32.6 Å². The number of nitrogens with one attached hydrogen (secondary N) is 1. The fourth-order valence-corrected chi connectivity index (χ4v) is 1.25. The van der Waals surface area contributed by atoms with E-state index in [4.69, 9.17) is 10.5 Å². The summed E-state index contributed by atoms with van der Waals surface area (Å²) < 4.78 is 5.48. The molecule has 0 heterocycles. The minimum absolute atomic E-state index is 0.632. The minimum atomic E-state index is 0.632. The van der Waals surface area contributed by atoms with Gasteiger partial charge >= 0.3 is 0 Å². The number of hydrogen-bond acceptors (Lipinski definition) is 3. The highest BCUT2D eigenvalue weighted by molar-refractivity contribution is 4.56. The zero-order valence-corrected chi connectivity index (χ0v) is 9.72. The Morgan fingerprint density at radius 2 is 1.79 bits per heavy atom. The molecule has 3 nitrogen and oxygen atoms in total. The van der Waals surface area contributed by atoms with E-state index in [-0.39, 0.29) is 0 Å². The van der Waals surface area contributed by atoms with Crippen LogP contribution in [0.25, 0.3) is 0 Å². The summed E-state index contributed by atoms with van der Waals surface area (Å²) in [6, 6.07) is 0.632. The van der Waals surface area contributed by atoms with Crippen LogP contribution in [0.2, 0.25) is 0 Å². The van der Waals surface area contributed by atoms with Gasteiger partial charge in [-0.1, -0.05) is 0 Å². The SMILES string of the molecule is CNC(C)CCCCOCCCCN. The monoisotopic (exact) mass is 202 g/mol. The van der Waals surface area contributed by atoms with Crippen LogP contribution < -0.4 is 11.1 Å². The lowest BCUT2D eigenvalue weighted by atomic mass is 10.1. The van der Waals surface area contributed by atoms with E-state index in [1.165, 1.54) is 19.3 Å². The highest BCUT2D eigenvalue weighted by Crippen LogP contribution is 2.00. The van der Waals surface area contributed by atoms with Gasteiger partial charge in [0.1, 0.15) is 0 Å². The number of hydrogen-bond donors (Lipinski definition) is 2. The maximum Gasteiger partial charge on any atom is 0.0466 e. The molecule has 0 aromatic carbocycles. The lowest BCUT2D eigenvalue weighted by molar-refractivity contribution is 0.126. The minimum Gasteiger partial charge on any atom is -0.381 e. The molecule has 0 bridgehead atoms. The van der Waals surface area contributed by atoms with Crippen LogP contribution in [0.3, 0.4) is 0 Å². The standard InChI is InChI=1S/C11H26N2O/c1-11(13-2)7-3-5-9-14-10-6-4-8-12/h11,13H,3-10,12H2,1-2H3. The quantitative estimate of drug-likeness (QED) is 0.528. The highest BCUT2D eigenvalue weighted by Gasteiger charge is 1.97. The second-order valence-corrected chi connectivity index (χ2v) is 3.79. The summed E-state index contributed by atoms with van der Waals surface area (Å²) in [4.78, 5) is 0. The van der Waals surface area contributed by atoms with Crippen LogP contribution in [-0.2, 0) is 4.74 Å². The van der Waals surface area contributed by atoms with E-state index in [9.17, 15) is 0 Å². The first-order valence-corrected chi connectivity index (χ1v) is 5.76. The number of ether oxygens (including phenoxy) is 1. The average Bonchev–Trinajstić information content (AvgIpc) is 2.21. The third-order valence-corrected chi connectivity index (χ3v) is 2.41. The van der Waals surface area contributed by atoms with Gasteiger partial charge in [-0.15, -0.1) is 0 Å². The van der Waals surface area contributed by atoms with Gasteiger partial charge in [0.25, 0.3) is 0 Å². The second kappa shape index (κ2) is 11.0. The summed E-state index contributed by atoms with van der Waals surface area (Å²) >= 11 is 0. The summed E-state index contributed by atoms with van der Waals surface area (Å²) in [5.74, 6) is 0. The van der Waals surface area contributed by atoms with Gasteiger partial charge in [0.2, 0.25) is 0 Å². The molecule has 0 spiro atoms. The first-order valence-electron chi connectivity index (χ1n) is 5.76. The number of unbranched alkanes of at least 4 members (excludes halogenated alkanes) is 2. The van der Waals surface area contributed by atoms with Crippen molar-refractivity contribution in [1.82, 2.24) is 5.32 Å². The predicted octanol–water partition coefficient (Wildman–Crippen LogP) is 1.52. The molecule has 0 rings (SSSR count). The molecule has 0 saturated carbocycles. The van der Waals surface area contributed by atoms with Crippen molar-refractivity contribution in [2.24, 2.45) is 5.73 Å². The molecule has 0 amide bonds. The maximum absolute atomic E-state index is 5.48.